The van der Waals surface area contributed by atoms with Crippen LogP contribution in [0, 0.1) is 19.3 Å². The van der Waals surface area contributed by atoms with Crippen LogP contribution in [0.1, 0.15) is 40.1 Å². The fourth-order valence-electron chi connectivity index (χ4n) is 4.02. The van der Waals surface area contributed by atoms with Crippen LogP contribution >= 0.6 is 11.3 Å². The van der Waals surface area contributed by atoms with E-state index in [1.165, 1.54) is 11.3 Å². The van der Waals surface area contributed by atoms with Crippen molar-refractivity contribution in [1.29, 1.82) is 0 Å². The van der Waals surface area contributed by atoms with E-state index >= 15 is 0 Å². The van der Waals surface area contributed by atoms with Crippen molar-refractivity contribution in [3.05, 3.63) is 75.8 Å². The molecule has 4 rings (SSSR count). The van der Waals surface area contributed by atoms with E-state index < -0.39 is 5.41 Å². The average Bonchev–Trinajstić information content (AvgIpc) is 3.11. The number of phenolic OH excluding ortho intramolecular Hbond substituents is 1. The van der Waals surface area contributed by atoms with Crippen molar-refractivity contribution in [2.45, 2.75) is 33.1 Å². The van der Waals surface area contributed by atoms with E-state index in [4.69, 9.17) is 0 Å². The first-order chi connectivity index (χ1) is 12.9. The summed E-state index contributed by atoms with van der Waals surface area (Å²) in [5.41, 5.74) is 3.48. The molecule has 2 atom stereocenters. The number of carbonyl (C=O) groups excluding carboxylic acids is 1. The number of aryl methyl sites for hydroxylation is 2. The third-order valence-electron chi connectivity index (χ3n) is 5.54. The summed E-state index contributed by atoms with van der Waals surface area (Å²) in [5, 5.41) is 13.7. The fraction of sp³-hybridized carbons (Fsp3) is 0.273. The molecule has 0 spiro atoms. The molecule has 0 fully saturated rings. The second-order valence-corrected chi connectivity index (χ2v) is 8.64. The molecule has 4 nitrogen and oxygen atoms in total. The third kappa shape index (κ3) is 3.02. The second-order valence-electron chi connectivity index (χ2n) is 7.44. The van der Waals surface area contributed by atoms with Gasteiger partial charge in [0, 0.05) is 10.8 Å². The Labute approximate surface area is 162 Å². The quantitative estimate of drug-likeness (QED) is 0.688. The molecule has 2 N–H and O–H groups in total. The van der Waals surface area contributed by atoms with E-state index in [1.54, 1.807) is 12.1 Å². The Kier molecular flexibility index (Phi) is 4.27. The van der Waals surface area contributed by atoms with E-state index in [9.17, 15) is 9.90 Å². The van der Waals surface area contributed by atoms with Gasteiger partial charge in [-0.05, 0) is 56.0 Å². The zero-order valence-corrected chi connectivity index (χ0v) is 16.4. The predicted molar refractivity (Wildman–Crippen MR) is 108 cm³/mol. The van der Waals surface area contributed by atoms with Crippen LogP contribution in [0.25, 0.3) is 0 Å². The number of fused-ring (bicyclic) bond motifs is 1. The van der Waals surface area contributed by atoms with Gasteiger partial charge in [-0.1, -0.05) is 36.4 Å². The first kappa shape index (κ1) is 17.7. The van der Waals surface area contributed by atoms with Gasteiger partial charge in [-0.2, -0.15) is 0 Å². The summed E-state index contributed by atoms with van der Waals surface area (Å²) < 4.78 is 0. The molecule has 1 aliphatic rings. The molecule has 1 aromatic heterocycles. The predicted octanol–water partition coefficient (Wildman–Crippen LogP) is 4.80. The smallest absolute Gasteiger partial charge is 0.233 e. The molecule has 1 aliphatic carbocycles. The molecule has 0 radical (unpaired) electrons. The molecule has 2 aromatic carbocycles. The van der Waals surface area contributed by atoms with Crippen molar-refractivity contribution in [3.63, 3.8) is 0 Å². The maximum absolute atomic E-state index is 13.4. The molecule has 5 heteroatoms. The summed E-state index contributed by atoms with van der Waals surface area (Å²) in [7, 11) is 0. The van der Waals surface area contributed by atoms with Crippen LogP contribution in [-0.2, 0) is 11.2 Å². The average molecular weight is 378 g/mol. The Morgan fingerprint density at radius 3 is 2.63 bits per heavy atom. The molecule has 1 amide bonds. The van der Waals surface area contributed by atoms with Crippen LogP contribution in [0.2, 0.25) is 0 Å². The molecule has 0 saturated heterocycles. The number of hydrogen-bond donors (Lipinski definition) is 2. The third-order valence-corrected chi connectivity index (χ3v) is 6.52. The Bertz CT molecular complexity index is 993. The van der Waals surface area contributed by atoms with Gasteiger partial charge in [-0.15, -0.1) is 11.3 Å². The molecule has 1 heterocycles. The number of thiazole rings is 1. The highest BCUT2D eigenvalue weighted by Crippen LogP contribution is 2.52. The highest BCUT2D eigenvalue weighted by Gasteiger charge is 2.49. The summed E-state index contributed by atoms with van der Waals surface area (Å²) in [6, 6.07) is 15.5. The number of benzene rings is 2. The lowest BCUT2D eigenvalue weighted by molar-refractivity contribution is -0.125. The van der Waals surface area contributed by atoms with Crippen LogP contribution < -0.4 is 5.32 Å². The van der Waals surface area contributed by atoms with Crippen molar-refractivity contribution >= 4 is 22.4 Å². The van der Waals surface area contributed by atoms with Crippen molar-refractivity contribution in [2.24, 2.45) is 5.41 Å². The number of aromatic nitrogens is 1. The number of rotatable bonds is 3. The van der Waals surface area contributed by atoms with E-state index in [-0.39, 0.29) is 17.6 Å². The Morgan fingerprint density at radius 2 is 1.96 bits per heavy atom. The minimum atomic E-state index is -0.662. The normalized spacial score (nSPS) is 21.1. The van der Waals surface area contributed by atoms with Gasteiger partial charge in [0.05, 0.1) is 11.1 Å². The van der Waals surface area contributed by atoms with Crippen LogP contribution in [0.15, 0.2) is 48.5 Å². The molecule has 0 unspecified atom stereocenters. The van der Waals surface area contributed by atoms with Gasteiger partial charge in [-0.3, -0.25) is 4.79 Å². The maximum atomic E-state index is 13.4. The molecule has 3 aromatic rings. The topological polar surface area (TPSA) is 62.2 Å². The summed E-state index contributed by atoms with van der Waals surface area (Å²) >= 11 is 1.50. The molecular weight excluding hydrogens is 356 g/mol. The zero-order valence-electron chi connectivity index (χ0n) is 15.6. The molecule has 27 heavy (non-hydrogen) atoms. The monoisotopic (exact) mass is 378 g/mol. The Balaban J connectivity index is 1.76. The SMILES string of the molecule is Cc1nc(NC(=O)[C@@]2(C)Cc3ccc(O)cc3[C@H]2c2ccccc2)sc1C. The number of nitrogens with one attached hydrogen (secondary N) is 1. The van der Waals surface area contributed by atoms with Gasteiger partial charge in [0.25, 0.3) is 0 Å². The van der Waals surface area contributed by atoms with Crippen LogP contribution in [0.4, 0.5) is 5.13 Å². The zero-order chi connectivity index (χ0) is 19.2. The largest absolute Gasteiger partial charge is 0.508 e. The highest BCUT2D eigenvalue weighted by atomic mass is 32.1. The number of carbonyl (C=O) groups is 1. The van der Waals surface area contributed by atoms with E-state index in [2.05, 4.69) is 10.3 Å². The standard InChI is InChI=1S/C22H22N2O2S/c1-13-14(2)27-21(23-13)24-20(26)22(3)12-16-9-10-17(25)11-18(16)19(22)15-7-5-4-6-8-15/h4-11,19,25H,12H2,1-3H3,(H,23,24,26)/t19-,22+/m1/s1. The van der Waals surface area contributed by atoms with E-state index in [1.807, 2.05) is 57.2 Å². The summed E-state index contributed by atoms with van der Waals surface area (Å²) in [6.45, 7) is 5.96. The van der Waals surface area contributed by atoms with Gasteiger partial charge in [0.1, 0.15) is 5.75 Å². The fourth-order valence-corrected chi connectivity index (χ4v) is 4.83. The number of phenols is 1. The minimum Gasteiger partial charge on any atom is -0.508 e. The lowest BCUT2D eigenvalue weighted by atomic mass is 9.73. The van der Waals surface area contributed by atoms with Gasteiger partial charge < -0.3 is 10.4 Å². The highest BCUT2D eigenvalue weighted by molar-refractivity contribution is 7.15. The molecular formula is C22H22N2O2S. The Hall–Kier alpha value is -2.66. The van der Waals surface area contributed by atoms with Crippen LogP contribution in [0.3, 0.4) is 0 Å². The number of amides is 1. The van der Waals surface area contributed by atoms with Crippen molar-refractivity contribution in [1.82, 2.24) is 4.98 Å². The lowest BCUT2D eigenvalue weighted by Gasteiger charge is -2.31. The maximum Gasteiger partial charge on any atom is 0.233 e. The van der Waals surface area contributed by atoms with Crippen molar-refractivity contribution in [3.8, 4) is 5.75 Å². The molecule has 0 bridgehead atoms. The summed E-state index contributed by atoms with van der Waals surface area (Å²) in [6.07, 6.45) is 0.622. The molecule has 0 saturated carbocycles. The summed E-state index contributed by atoms with van der Waals surface area (Å²) in [4.78, 5) is 19.0. The van der Waals surface area contributed by atoms with Gasteiger partial charge in [0.15, 0.2) is 5.13 Å². The molecule has 138 valence electrons. The van der Waals surface area contributed by atoms with E-state index in [0.717, 1.165) is 27.3 Å². The number of nitrogens with zero attached hydrogens (tertiary/aromatic N) is 1. The van der Waals surface area contributed by atoms with Crippen LogP contribution in [-0.4, -0.2) is 16.0 Å². The lowest BCUT2D eigenvalue weighted by Crippen LogP contribution is -2.37. The Morgan fingerprint density at radius 1 is 1.22 bits per heavy atom. The molecule has 0 aliphatic heterocycles. The summed E-state index contributed by atoms with van der Waals surface area (Å²) in [5.74, 6) is 0.0641. The number of hydrogen-bond acceptors (Lipinski definition) is 4. The van der Waals surface area contributed by atoms with Gasteiger partial charge >= 0.3 is 0 Å². The number of aromatic hydroxyl groups is 1. The van der Waals surface area contributed by atoms with Gasteiger partial charge in [0.2, 0.25) is 5.91 Å². The van der Waals surface area contributed by atoms with Crippen LogP contribution in [0.5, 0.6) is 5.75 Å². The minimum absolute atomic E-state index is 0.0409. The van der Waals surface area contributed by atoms with E-state index in [0.29, 0.717) is 11.6 Å². The van der Waals surface area contributed by atoms with Crippen molar-refractivity contribution in [2.75, 3.05) is 5.32 Å². The second kappa shape index (κ2) is 6.50. The van der Waals surface area contributed by atoms with Gasteiger partial charge in [-0.25, -0.2) is 4.98 Å². The first-order valence-electron chi connectivity index (χ1n) is 9.01. The number of anilines is 1. The van der Waals surface area contributed by atoms with Crippen molar-refractivity contribution < 1.29 is 9.90 Å². The first-order valence-corrected chi connectivity index (χ1v) is 9.82.